The lowest BCUT2D eigenvalue weighted by Gasteiger charge is -2.18. The fourth-order valence-corrected chi connectivity index (χ4v) is 2.56. The molecule has 1 N–H and O–H groups in total. The van der Waals surface area contributed by atoms with Crippen LogP contribution in [0.25, 0.3) is 6.08 Å². The number of aliphatic carboxylic acids is 1. The van der Waals surface area contributed by atoms with E-state index >= 15 is 0 Å². The molecule has 0 unspecified atom stereocenters. The molecule has 0 saturated carbocycles. The number of aromatic nitrogens is 2. The Balaban J connectivity index is 1.87. The van der Waals surface area contributed by atoms with E-state index in [-0.39, 0.29) is 10.1 Å². The minimum absolute atomic E-state index is 0.0697. The van der Waals surface area contributed by atoms with Crippen LogP contribution in [0.4, 0.5) is 0 Å². The molecule has 1 aliphatic heterocycles. The normalized spacial score (nSPS) is 14.0. The molecule has 1 aliphatic rings. The summed E-state index contributed by atoms with van der Waals surface area (Å²) in [5, 5.41) is 16.9. The number of aryl methyl sites for hydroxylation is 1. The average Bonchev–Trinajstić information content (AvgIpc) is 2.91. The van der Waals surface area contributed by atoms with Gasteiger partial charge in [0.25, 0.3) is 5.22 Å². The van der Waals surface area contributed by atoms with Crippen LogP contribution in [-0.4, -0.2) is 34.5 Å². The first-order valence-electron chi connectivity index (χ1n) is 6.44. The molecule has 0 atom stereocenters. The topological polar surface area (TPSA) is 94.7 Å². The summed E-state index contributed by atoms with van der Waals surface area (Å²) in [6.07, 6.45) is 1.52. The maximum absolute atomic E-state index is 11.4. The Morgan fingerprint density at radius 3 is 2.73 bits per heavy atom. The van der Waals surface area contributed by atoms with Crippen molar-refractivity contribution in [2.24, 2.45) is 0 Å². The third-order valence-corrected chi connectivity index (χ3v) is 3.63. The van der Waals surface area contributed by atoms with Gasteiger partial charge in [-0.25, -0.2) is 4.79 Å². The molecule has 0 radical (unpaired) electrons. The summed E-state index contributed by atoms with van der Waals surface area (Å²) in [6, 6.07) is 5.24. The number of benzene rings is 1. The van der Waals surface area contributed by atoms with Crippen molar-refractivity contribution in [3.05, 3.63) is 34.6 Å². The van der Waals surface area contributed by atoms with E-state index in [0.717, 1.165) is 11.8 Å². The Labute approximate surface area is 129 Å². The van der Waals surface area contributed by atoms with E-state index < -0.39 is 5.97 Å². The zero-order chi connectivity index (χ0) is 15.5. The van der Waals surface area contributed by atoms with Crippen LogP contribution in [0.5, 0.6) is 11.5 Å². The second-order valence-corrected chi connectivity index (χ2v) is 5.40. The molecule has 1 aromatic heterocycles. The molecule has 0 saturated heterocycles. The highest BCUT2D eigenvalue weighted by molar-refractivity contribution is 8.03. The number of ether oxygens (including phenoxy) is 2. The van der Waals surface area contributed by atoms with Gasteiger partial charge in [0.1, 0.15) is 18.1 Å². The largest absolute Gasteiger partial charge is 0.486 e. The van der Waals surface area contributed by atoms with E-state index in [2.05, 4.69) is 10.2 Å². The van der Waals surface area contributed by atoms with E-state index in [9.17, 15) is 9.90 Å². The zero-order valence-corrected chi connectivity index (χ0v) is 12.4. The molecule has 0 bridgehead atoms. The molecule has 0 spiro atoms. The van der Waals surface area contributed by atoms with Crippen molar-refractivity contribution in [1.82, 2.24) is 10.2 Å². The van der Waals surface area contributed by atoms with Crippen molar-refractivity contribution < 1.29 is 23.8 Å². The Morgan fingerprint density at radius 1 is 1.27 bits per heavy atom. The predicted octanol–water partition coefficient (Wildman–Crippen LogP) is 2.37. The van der Waals surface area contributed by atoms with E-state index in [1.807, 2.05) is 0 Å². The van der Waals surface area contributed by atoms with Crippen LogP contribution in [0.1, 0.15) is 11.5 Å². The number of thioether (sulfide) groups is 1. The molecule has 0 fully saturated rings. The molecule has 7 nitrogen and oxygen atoms in total. The average molecular weight is 320 g/mol. The van der Waals surface area contributed by atoms with Gasteiger partial charge in [0.2, 0.25) is 5.89 Å². The van der Waals surface area contributed by atoms with Crippen LogP contribution in [0, 0.1) is 6.92 Å². The van der Waals surface area contributed by atoms with E-state index in [4.69, 9.17) is 13.9 Å². The maximum Gasteiger partial charge on any atom is 0.342 e. The summed E-state index contributed by atoms with van der Waals surface area (Å²) in [6.45, 7) is 2.62. The zero-order valence-electron chi connectivity index (χ0n) is 11.6. The molecule has 22 heavy (non-hydrogen) atoms. The first kappa shape index (κ1) is 14.5. The van der Waals surface area contributed by atoms with Gasteiger partial charge in [0.05, 0.1) is 0 Å². The number of carboxylic acids is 1. The Bertz CT molecular complexity index is 741. The van der Waals surface area contributed by atoms with Crippen LogP contribution in [0.15, 0.2) is 32.7 Å². The van der Waals surface area contributed by atoms with Crippen molar-refractivity contribution in [2.45, 2.75) is 12.1 Å². The van der Waals surface area contributed by atoms with Gasteiger partial charge in [-0.2, -0.15) is 0 Å². The Hall–Kier alpha value is -2.48. The van der Waals surface area contributed by atoms with E-state index in [1.54, 1.807) is 25.1 Å². The number of carboxylic acid groups (broad SMARTS) is 1. The molecule has 114 valence electrons. The second-order valence-electron chi connectivity index (χ2n) is 4.41. The van der Waals surface area contributed by atoms with Crippen molar-refractivity contribution in [3.8, 4) is 11.5 Å². The lowest BCUT2D eigenvalue weighted by molar-refractivity contribution is -0.131. The first-order chi connectivity index (χ1) is 10.6. The maximum atomic E-state index is 11.4. The highest BCUT2D eigenvalue weighted by Crippen LogP contribution is 2.33. The molecule has 8 heteroatoms. The van der Waals surface area contributed by atoms with Crippen molar-refractivity contribution in [3.63, 3.8) is 0 Å². The van der Waals surface area contributed by atoms with Gasteiger partial charge >= 0.3 is 5.97 Å². The SMILES string of the molecule is Cc1nnc(S/C(=C\c2ccc3c(c2)OCCO3)C(=O)O)o1. The van der Waals surface area contributed by atoms with Gasteiger partial charge < -0.3 is 19.0 Å². The highest BCUT2D eigenvalue weighted by atomic mass is 32.2. The lowest BCUT2D eigenvalue weighted by Crippen LogP contribution is -2.15. The number of hydrogen-bond donors (Lipinski definition) is 1. The van der Waals surface area contributed by atoms with Crippen molar-refractivity contribution >= 4 is 23.8 Å². The highest BCUT2D eigenvalue weighted by Gasteiger charge is 2.16. The van der Waals surface area contributed by atoms with Gasteiger partial charge in [-0.15, -0.1) is 10.2 Å². The van der Waals surface area contributed by atoms with Gasteiger partial charge in [-0.3, -0.25) is 0 Å². The molecule has 0 amide bonds. The number of carbonyl (C=O) groups is 1. The van der Waals surface area contributed by atoms with Gasteiger partial charge in [-0.1, -0.05) is 6.07 Å². The summed E-state index contributed by atoms with van der Waals surface area (Å²) < 4.78 is 16.1. The Morgan fingerprint density at radius 2 is 2.05 bits per heavy atom. The van der Waals surface area contributed by atoms with Gasteiger partial charge in [0, 0.05) is 6.92 Å². The molecule has 0 aliphatic carbocycles. The molecule has 2 aromatic rings. The molecule has 3 rings (SSSR count). The summed E-state index contributed by atoms with van der Waals surface area (Å²) in [5.41, 5.74) is 0.686. The fraction of sp³-hybridized carbons (Fsp3) is 0.214. The Kier molecular flexibility index (Phi) is 4.01. The number of fused-ring (bicyclic) bond motifs is 1. The first-order valence-corrected chi connectivity index (χ1v) is 7.26. The number of nitrogens with zero attached hydrogens (tertiary/aromatic N) is 2. The molecule has 1 aromatic carbocycles. The monoisotopic (exact) mass is 320 g/mol. The third-order valence-electron chi connectivity index (χ3n) is 2.78. The summed E-state index contributed by atoms with van der Waals surface area (Å²) >= 11 is 0.899. The quantitative estimate of drug-likeness (QED) is 0.677. The minimum Gasteiger partial charge on any atom is -0.486 e. The van der Waals surface area contributed by atoms with Crippen molar-refractivity contribution in [2.75, 3.05) is 13.2 Å². The minimum atomic E-state index is -1.07. The second kappa shape index (κ2) is 6.10. The van der Waals surface area contributed by atoms with Crippen LogP contribution < -0.4 is 9.47 Å². The third kappa shape index (κ3) is 3.22. The predicted molar refractivity (Wildman–Crippen MR) is 77.9 cm³/mol. The molecule has 2 heterocycles. The summed E-state index contributed by atoms with van der Waals surface area (Å²) in [4.78, 5) is 11.4. The molecular weight excluding hydrogens is 308 g/mol. The van der Waals surface area contributed by atoms with Gasteiger partial charge in [0.15, 0.2) is 11.5 Å². The lowest BCUT2D eigenvalue weighted by atomic mass is 10.2. The summed E-state index contributed by atoms with van der Waals surface area (Å²) in [5.74, 6) is 0.561. The fourth-order valence-electron chi connectivity index (χ4n) is 1.85. The number of hydrogen-bond acceptors (Lipinski definition) is 7. The van der Waals surface area contributed by atoms with E-state index in [0.29, 0.717) is 36.2 Å². The summed E-state index contributed by atoms with van der Waals surface area (Å²) in [7, 11) is 0. The van der Waals surface area contributed by atoms with Crippen LogP contribution in [0.2, 0.25) is 0 Å². The smallest absolute Gasteiger partial charge is 0.342 e. The number of rotatable bonds is 4. The molecular formula is C14H12N2O5S. The van der Waals surface area contributed by atoms with Gasteiger partial charge in [-0.05, 0) is 35.5 Å². The van der Waals surface area contributed by atoms with Crippen LogP contribution >= 0.6 is 11.8 Å². The van der Waals surface area contributed by atoms with Crippen LogP contribution in [-0.2, 0) is 4.79 Å². The van der Waals surface area contributed by atoms with E-state index in [1.165, 1.54) is 6.08 Å². The van der Waals surface area contributed by atoms with Crippen molar-refractivity contribution in [1.29, 1.82) is 0 Å². The standard InChI is InChI=1S/C14H12N2O5S/c1-8-15-16-14(21-8)22-12(13(17)18)7-9-2-3-10-11(6-9)20-5-4-19-10/h2-3,6-7H,4-5H2,1H3,(H,17,18)/b12-7-. The van der Waals surface area contributed by atoms with Crippen LogP contribution in [0.3, 0.4) is 0 Å².